The number of rotatable bonds is 3. The summed E-state index contributed by atoms with van der Waals surface area (Å²) in [5.74, 6) is -1.06. The number of nitriles is 1. The van der Waals surface area contributed by atoms with Crippen molar-refractivity contribution in [1.29, 1.82) is 5.26 Å². The topological polar surface area (TPSA) is 61.1 Å². The fourth-order valence-corrected chi connectivity index (χ4v) is 1.34. The first kappa shape index (κ1) is 11.0. The molecule has 0 amide bonds. The molecule has 1 aromatic carbocycles. The van der Waals surface area contributed by atoms with E-state index < -0.39 is 5.97 Å². The second-order valence-corrected chi connectivity index (χ2v) is 2.99. The van der Waals surface area contributed by atoms with Crippen LogP contribution in [0.5, 0.6) is 0 Å². The van der Waals surface area contributed by atoms with Gasteiger partial charge in [-0.2, -0.15) is 5.26 Å². The van der Waals surface area contributed by atoms with Crippen LogP contribution in [0.1, 0.15) is 18.9 Å². The third-order valence-electron chi connectivity index (χ3n) is 2.07. The number of hydrogen-bond donors (Lipinski definition) is 1. The molecule has 1 aromatic rings. The van der Waals surface area contributed by atoms with Crippen LogP contribution in [0.25, 0.3) is 5.57 Å². The van der Waals surface area contributed by atoms with E-state index in [1.807, 2.05) is 6.07 Å². The Morgan fingerprint density at radius 3 is 2.40 bits per heavy atom. The Morgan fingerprint density at radius 2 is 2.00 bits per heavy atom. The molecule has 15 heavy (non-hydrogen) atoms. The Hall–Kier alpha value is -2.08. The van der Waals surface area contributed by atoms with E-state index in [0.717, 1.165) is 0 Å². The lowest BCUT2D eigenvalue weighted by atomic mass is 9.99. The van der Waals surface area contributed by atoms with Crippen molar-refractivity contribution < 1.29 is 9.90 Å². The molecule has 0 heterocycles. The van der Waals surface area contributed by atoms with E-state index in [2.05, 4.69) is 0 Å². The minimum Gasteiger partial charge on any atom is -0.478 e. The smallest absolute Gasteiger partial charge is 0.337 e. The summed E-state index contributed by atoms with van der Waals surface area (Å²) in [6.07, 6.45) is 0.424. The highest BCUT2D eigenvalue weighted by atomic mass is 16.4. The highest BCUT2D eigenvalue weighted by molar-refractivity contribution is 6.17. The van der Waals surface area contributed by atoms with Crippen molar-refractivity contribution in [3.05, 3.63) is 41.5 Å². The highest BCUT2D eigenvalue weighted by Gasteiger charge is 2.14. The number of carboxylic acids is 1. The largest absolute Gasteiger partial charge is 0.478 e. The lowest BCUT2D eigenvalue weighted by Crippen LogP contribution is -2.02. The molecule has 0 aliphatic carbocycles. The Bertz CT molecular complexity index is 427. The molecule has 0 aliphatic rings. The maximum atomic E-state index is 11.1. The highest BCUT2D eigenvalue weighted by Crippen LogP contribution is 2.20. The van der Waals surface area contributed by atoms with Crippen LogP contribution < -0.4 is 0 Å². The first-order valence-electron chi connectivity index (χ1n) is 4.62. The van der Waals surface area contributed by atoms with Gasteiger partial charge in [-0.3, -0.25) is 0 Å². The monoisotopic (exact) mass is 201 g/mol. The number of allylic oxidation sites excluding steroid dienone is 1. The van der Waals surface area contributed by atoms with Gasteiger partial charge in [-0.15, -0.1) is 0 Å². The first-order valence-corrected chi connectivity index (χ1v) is 4.62. The van der Waals surface area contributed by atoms with Crippen molar-refractivity contribution in [1.82, 2.24) is 0 Å². The molecule has 0 saturated carbocycles. The molecule has 0 fully saturated rings. The Morgan fingerprint density at radius 1 is 1.40 bits per heavy atom. The number of benzene rings is 1. The Kier molecular flexibility index (Phi) is 3.64. The lowest BCUT2D eigenvalue weighted by molar-refractivity contribution is -0.130. The van der Waals surface area contributed by atoms with E-state index >= 15 is 0 Å². The van der Waals surface area contributed by atoms with Crippen molar-refractivity contribution in [3.8, 4) is 6.07 Å². The molecule has 1 rings (SSSR count). The van der Waals surface area contributed by atoms with Gasteiger partial charge in [0.2, 0.25) is 0 Å². The molecule has 0 bridgehead atoms. The molecule has 0 radical (unpaired) electrons. The number of carboxylic acid groups (broad SMARTS) is 1. The molecular formula is C12H11NO2. The van der Waals surface area contributed by atoms with Gasteiger partial charge in [0.05, 0.1) is 11.6 Å². The van der Waals surface area contributed by atoms with Crippen LogP contribution in [-0.2, 0) is 4.79 Å². The molecule has 0 saturated heterocycles. The van der Waals surface area contributed by atoms with Crippen molar-refractivity contribution in [2.45, 2.75) is 13.3 Å². The summed E-state index contributed by atoms with van der Waals surface area (Å²) in [7, 11) is 0. The van der Waals surface area contributed by atoms with Gasteiger partial charge in [0.15, 0.2) is 0 Å². The predicted octanol–water partition coefficient (Wildman–Crippen LogP) is 2.46. The zero-order chi connectivity index (χ0) is 11.3. The van der Waals surface area contributed by atoms with Gasteiger partial charge < -0.3 is 5.11 Å². The summed E-state index contributed by atoms with van der Waals surface area (Å²) >= 11 is 0. The van der Waals surface area contributed by atoms with Gasteiger partial charge in [0, 0.05) is 5.57 Å². The molecule has 3 nitrogen and oxygen atoms in total. The zero-order valence-electron chi connectivity index (χ0n) is 8.40. The summed E-state index contributed by atoms with van der Waals surface area (Å²) in [6.45, 7) is 1.77. The second-order valence-electron chi connectivity index (χ2n) is 2.99. The molecule has 3 heteroatoms. The summed E-state index contributed by atoms with van der Waals surface area (Å²) < 4.78 is 0. The summed E-state index contributed by atoms with van der Waals surface area (Å²) in [5, 5.41) is 17.9. The summed E-state index contributed by atoms with van der Waals surface area (Å²) in [5.41, 5.74) is 0.970. The molecule has 76 valence electrons. The third kappa shape index (κ3) is 2.44. The minimum absolute atomic E-state index is 0.0978. The lowest BCUT2D eigenvalue weighted by Gasteiger charge is -2.04. The third-order valence-corrected chi connectivity index (χ3v) is 2.07. The number of aliphatic carboxylic acids is 1. The van der Waals surface area contributed by atoms with Crippen molar-refractivity contribution in [3.63, 3.8) is 0 Å². The van der Waals surface area contributed by atoms with Crippen molar-refractivity contribution >= 4 is 11.5 Å². The maximum absolute atomic E-state index is 11.1. The molecule has 1 N–H and O–H groups in total. The van der Waals surface area contributed by atoms with Crippen molar-refractivity contribution in [2.75, 3.05) is 0 Å². The minimum atomic E-state index is -1.06. The van der Waals surface area contributed by atoms with Crippen LogP contribution in [-0.4, -0.2) is 11.1 Å². The molecule has 0 atom stereocenters. The van der Waals surface area contributed by atoms with E-state index in [9.17, 15) is 4.79 Å². The van der Waals surface area contributed by atoms with Gasteiger partial charge in [-0.1, -0.05) is 37.3 Å². The quantitative estimate of drug-likeness (QED) is 0.603. The van der Waals surface area contributed by atoms with E-state index in [1.54, 1.807) is 37.3 Å². The average molecular weight is 201 g/mol. The van der Waals surface area contributed by atoms with Gasteiger partial charge >= 0.3 is 5.97 Å². The van der Waals surface area contributed by atoms with E-state index in [0.29, 0.717) is 17.6 Å². The first-order chi connectivity index (χ1) is 7.20. The van der Waals surface area contributed by atoms with E-state index in [1.165, 1.54) is 0 Å². The van der Waals surface area contributed by atoms with Crippen LogP contribution in [0, 0.1) is 11.3 Å². The standard InChI is InChI=1S/C12H11NO2/c1-2-9(8-13)11(12(14)15)10-6-4-3-5-7-10/h3-7H,2H2,1H3,(H,14,15). The van der Waals surface area contributed by atoms with Gasteiger partial charge in [0.1, 0.15) is 0 Å². The van der Waals surface area contributed by atoms with Crippen LogP contribution in [0.15, 0.2) is 35.9 Å². The van der Waals surface area contributed by atoms with Crippen LogP contribution in [0.2, 0.25) is 0 Å². The Balaban J connectivity index is 3.34. The van der Waals surface area contributed by atoms with Crippen LogP contribution in [0.3, 0.4) is 0 Å². The van der Waals surface area contributed by atoms with Gasteiger partial charge in [-0.25, -0.2) is 4.79 Å². The maximum Gasteiger partial charge on any atom is 0.337 e. The summed E-state index contributed by atoms with van der Waals surface area (Å²) in [4.78, 5) is 11.1. The molecule has 0 aliphatic heterocycles. The van der Waals surface area contributed by atoms with Crippen molar-refractivity contribution in [2.24, 2.45) is 0 Å². The van der Waals surface area contributed by atoms with Crippen LogP contribution in [0.4, 0.5) is 0 Å². The molecule has 0 unspecified atom stereocenters. The number of hydrogen-bond acceptors (Lipinski definition) is 2. The predicted molar refractivity (Wildman–Crippen MR) is 56.9 cm³/mol. The number of carbonyl (C=O) groups is 1. The van der Waals surface area contributed by atoms with E-state index in [4.69, 9.17) is 10.4 Å². The summed E-state index contributed by atoms with van der Waals surface area (Å²) in [6, 6.07) is 10.6. The molecule has 0 aromatic heterocycles. The molecule has 0 spiro atoms. The number of nitrogens with zero attached hydrogens (tertiary/aromatic N) is 1. The van der Waals surface area contributed by atoms with Gasteiger partial charge in [0.25, 0.3) is 0 Å². The average Bonchev–Trinajstić information content (AvgIpc) is 2.26. The second kappa shape index (κ2) is 4.97. The normalized spacial score (nSPS) is 11.5. The molecular weight excluding hydrogens is 190 g/mol. The fourth-order valence-electron chi connectivity index (χ4n) is 1.34. The Labute approximate surface area is 88.3 Å². The fraction of sp³-hybridized carbons (Fsp3) is 0.167. The SMILES string of the molecule is CCC(C#N)=C(C(=O)O)c1ccccc1. The van der Waals surface area contributed by atoms with E-state index in [-0.39, 0.29) is 5.57 Å². The zero-order valence-corrected chi connectivity index (χ0v) is 8.40. The van der Waals surface area contributed by atoms with Gasteiger partial charge in [-0.05, 0) is 12.0 Å². The van der Waals surface area contributed by atoms with Crippen LogP contribution >= 0.6 is 0 Å².